The van der Waals surface area contributed by atoms with Crippen molar-refractivity contribution in [2.24, 2.45) is 0 Å². The number of aryl methyl sites for hydroxylation is 1. The quantitative estimate of drug-likeness (QED) is 0.134. The number of hydrogen-bond donors (Lipinski definition) is 1. The van der Waals surface area contributed by atoms with Crippen molar-refractivity contribution in [1.29, 1.82) is 0 Å². The van der Waals surface area contributed by atoms with Crippen molar-refractivity contribution in [3.8, 4) is 11.5 Å². The molecule has 2 amide bonds. The van der Waals surface area contributed by atoms with Gasteiger partial charge in [-0.2, -0.15) is 0 Å². The largest absolute Gasteiger partial charge is 0.490 e. The summed E-state index contributed by atoms with van der Waals surface area (Å²) in [5.41, 5.74) is 3.28. The van der Waals surface area contributed by atoms with Crippen LogP contribution in [0, 0.1) is 3.57 Å². The molecule has 0 atom stereocenters. The normalized spacial score (nSPS) is 14.6. The zero-order chi connectivity index (χ0) is 26.5. The van der Waals surface area contributed by atoms with Crippen LogP contribution in [0.3, 0.4) is 0 Å². The third kappa shape index (κ3) is 6.31. The molecule has 0 spiro atoms. The van der Waals surface area contributed by atoms with Gasteiger partial charge in [-0.25, -0.2) is 0 Å². The lowest BCUT2D eigenvalue weighted by Gasteiger charge is -2.29. The first-order valence-electron chi connectivity index (χ1n) is 11.6. The summed E-state index contributed by atoms with van der Waals surface area (Å²) >= 11 is 13.4. The first-order valence-corrected chi connectivity index (χ1v) is 13.5. The van der Waals surface area contributed by atoms with Gasteiger partial charge in [-0.15, -0.1) is 0 Å². The van der Waals surface area contributed by atoms with Crippen LogP contribution in [0.4, 0.5) is 5.69 Å². The Balaban J connectivity index is 1.64. The first-order chi connectivity index (χ1) is 17.8. The van der Waals surface area contributed by atoms with Crippen LogP contribution in [0.2, 0.25) is 5.02 Å². The maximum Gasteiger partial charge on any atom is 0.270 e. The second kappa shape index (κ2) is 12.1. The Morgan fingerprint density at radius 3 is 2.32 bits per heavy atom. The van der Waals surface area contributed by atoms with E-state index in [1.807, 2.05) is 61.5 Å². The standard InChI is InChI=1S/C28H24ClIN2O4S/c1-3-17-7-11-21(12-8-17)32-27(34)22(26(33)31-28(32)37)13-19-14-23(30)25(24(15-19)35-4-2)36-16-18-5-9-20(29)10-6-18/h5-15H,3-4,16H2,1-2H3,(H,31,33,37)/b22-13+. The minimum atomic E-state index is -0.549. The van der Waals surface area contributed by atoms with E-state index in [9.17, 15) is 9.59 Å². The second-order valence-electron chi connectivity index (χ2n) is 8.16. The zero-order valence-electron chi connectivity index (χ0n) is 20.2. The number of nitrogens with one attached hydrogen (secondary N) is 1. The molecule has 1 saturated heterocycles. The van der Waals surface area contributed by atoms with Crippen LogP contribution >= 0.6 is 46.4 Å². The lowest BCUT2D eigenvalue weighted by atomic mass is 10.1. The number of benzene rings is 3. The van der Waals surface area contributed by atoms with Crippen LogP contribution in [0.1, 0.15) is 30.5 Å². The molecule has 9 heteroatoms. The number of carbonyl (C=O) groups excluding carboxylic acids is 2. The van der Waals surface area contributed by atoms with Crippen molar-refractivity contribution in [2.75, 3.05) is 11.5 Å². The smallest absolute Gasteiger partial charge is 0.270 e. The number of hydrogen-bond acceptors (Lipinski definition) is 5. The van der Waals surface area contributed by atoms with Crippen LogP contribution in [0.25, 0.3) is 6.08 Å². The van der Waals surface area contributed by atoms with Gasteiger partial charge in [0.05, 0.1) is 15.9 Å². The molecule has 1 aliphatic heterocycles. The number of halogens is 2. The highest BCUT2D eigenvalue weighted by molar-refractivity contribution is 14.1. The molecule has 0 bridgehead atoms. The van der Waals surface area contributed by atoms with Gasteiger partial charge in [0.2, 0.25) is 0 Å². The summed E-state index contributed by atoms with van der Waals surface area (Å²) in [7, 11) is 0. The molecule has 0 radical (unpaired) electrons. The maximum absolute atomic E-state index is 13.4. The van der Waals surface area contributed by atoms with Crippen LogP contribution in [-0.2, 0) is 22.6 Å². The van der Waals surface area contributed by atoms with Crippen molar-refractivity contribution in [2.45, 2.75) is 26.9 Å². The molecular formula is C28H24ClIN2O4S. The van der Waals surface area contributed by atoms with Gasteiger partial charge in [-0.05, 0) is 107 Å². The Morgan fingerprint density at radius 2 is 1.68 bits per heavy atom. The average molecular weight is 647 g/mol. The van der Waals surface area contributed by atoms with E-state index in [0.29, 0.717) is 41.0 Å². The number of anilines is 1. The fourth-order valence-corrected chi connectivity index (χ4v) is 4.94. The monoisotopic (exact) mass is 646 g/mol. The molecule has 1 N–H and O–H groups in total. The molecule has 1 aliphatic rings. The number of amides is 2. The molecular weight excluding hydrogens is 623 g/mol. The summed E-state index contributed by atoms with van der Waals surface area (Å²) in [6, 6.07) is 18.5. The summed E-state index contributed by atoms with van der Waals surface area (Å²) in [4.78, 5) is 27.5. The molecule has 0 saturated carbocycles. The van der Waals surface area contributed by atoms with E-state index in [1.165, 1.54) is 4.90 Å². The summed E-state index contributed by atoms with van der Waals surface area (Å²) in [5.74, 6) is 0.0562. The second-order valence-corrected chi connectivity index (χ2v) is 10.1. The Kier molecular flexibility index (Phi) is 8.83. The Bertz CT molecular complexity index is 1370. The van der Waals surface area contributed by atoms with Gasteiger partial charge in [0.25, 0.3) is 11.8 Å². The van der Waals surface area contributed by atoms with Crippen LogP contribution in [0.5, 0.6) is 11.5 Å². The van der Waals surface area contributed by atoms with Gasteiger partial charge in [0.1, 0.15) is 12.2 Å². The van der Waals surface area contributed by atoms with Gasteiger partial charge in [-0.3, -0.25) is 19.8 Å². The highest BCUT2D eigenvalue weighted by atomic mass is 127. The van der Waals surface area contributed by atoms with E-state index < -0.39 is 11.8 Å². The lowest BCUT2D eigenvalue weighted by molar-refractivity contribution is -0.122. The summed E-state index contributed by atoms with van der Waals surface area (Å²) in [5, 5.41) is 3.33. The maximum atomic E-state index is 13.4. The van der Waals surface area contributed by atoms with Crippen LogP contribution < -0.4 is 19.7 Å². The first kappa shape index (κ1) is 27.1. The van der Waals surface area contributed by atoms with Crippen molar-refractivity contribution in [3.05, 3.63) is 91.5 Å². The molecule has 1 fully saturated rings. The fraction of sp³-hybridized carbons (Fsp3) is 0.179. The van der Waals surface area contributed by atoms with Gasteiger partial charge in [-0.1, -0.05) is 42.8 Å². The Hall–Kier alpha value is -2.95. The summed E-state index contributed by atoms with van der Waals surface area (Å²) in [6.07, 6.45) is 2.42. The van der Waals surface area contributed by atoms with Gasteiger partial charge in [0.15, 0.2) is 16.6 Å². The zero-order valence-corrected chi connectivity index (χ0v) is 23.9. The van der Waals surface area contributed by atoms with E-state index in [4.69, 9.17) is 33.3 Å². The van der Waals surface area contributed by atoms with Gasteiger partial charge >= 0.3 is 0 Å². The molecule has 4 rings (SSSR count). The highest BCUT2D eigenvalue weighted by Gasteiger charge is 2.34. The van der Waals surface area contributed by atoms with E-state index in [1.54, 1.807) is 12.1 Å². The third-order valence-corrected chi connectivity index (χ3v) is 6.98. The van der Waals surface area contributed by atoms with Crippen LogP contribution in [0.15, 0.2) is 66.2 Å². The molecule has 3 aromatic rings. The highest BCUT2D eigenvalue weighted by Crippen LogP contribution is 2.36. The molecule has 0 aromatic heterocycles. The molecule has 37 heavy (non-hydrogen) atoms. The molecule has 3 aromatic carbocycles. The number of thiocarbonyl (C=S) groups is 1. The fourth-order valence-electron chi connectivity index (χ4n) is 3.75. The number of ether oxygens (including phenoxy) is 2. The average Bonchev–Trinajstić information content (AvgIpc) is 2.87. The number of nitrogens with zero attached hydrogens (tertiary/aromatic N) is 1. The van der Waals surface area contributed by atoms with Gasteiger partial charge < -0.3 is 9.47 Å². The predicted octanol–water partition coefficient (Wildman–Crippen LogP) is 6.32. The van der Waals surface area contributed by atoms with E-state index in [0.717, 1.165) is 21.1 Å². The van der Waals surface area contributed by atoms with Gasteiger partial charge in [0, 0.05) is 5.02 Å². The topological polar surface area (TPSA) is 67.9 Å². The predicted molar refractivity (Wildman–Crippen MR) is 158 cm³/mol. The molecule has 0 unspecified atom stereocenters. The Labute approximate surface area is 239 Å². The molecule has 1 heterocycles. The van der Waals surface area contributed by atoms with E-state index in [2.05, 4.69) is 34.8 Å². The lowest BCUT2D eigenvalue weighted by Crippen LogP contribution is -2.54. The number of rotatable bonds is 8. The molecule has 0 aliphatic carbocycles. The summed E-state index contributed by atoms with van der Waals surface area (Å²) in [6.45, 7) is 4.68. The van der Waals surface area contributed by atoms with E-state index in [-0.39, 0.29) is 10.7 Å². The third-order valence-electron chi connectivity index (χ3n) is 5.64. The molecule has 190 valence electrons. The number of carbonyl (C=O) groups is 2. The summed E-state index contributed by atoms with van der Waals surface area (Å²) < 4.78 is 12.7. The SMILES string of the molecule is CCOc1cc(/C=C2\C(=O)NC(=S)N(c3ccc(CC)cc3)C2=O)cc(I)c1OCc1ccc(Cl)cc1. The Morgan fingerprint density at radius 1 is 1.00 bits per heavy atom. The minimum absolute atomic E-state index is 0.0266. The molecule has 6 nitrogen and oxygen atoms in total. The van der Waals surface area contributed by atoms with Crippen molar-refractivity contribution < 1.29 is 19.1 Å². The van der Waals surface area contributed by atoms with Crippen LogP contribution in [-0.4, -0.2) is 23.5 Å². The van der Waals surface area contributed by atoms with Crippen molar-refractivity contribution >= 4 is 75.1 Å². The van der Waals surface area contributed by atoms with Crippen molar-refractivity contribution in [1.82, 2.24) is 5.32 Å². The minimum Gasteiger partial charge on any atom is -0.490 e. The van der Waals surface area contributed by atoms with E-state index >= 15 is 0 Å². The van der Waals surface area contributed by atoms with Crippen molar-refractivity contribution in [3.63, 3.8) is 0 Å².